The van der Waals surface area contributed by atoms with Crippen LogP contribution in [0.5, 0.6) is 0 Å². The molecule has 0 spiro atoms. The summed E-state index contributed by atoms with van der Waals surface area (Å²) < 4.78 is 0. The van der Waals surface area contributed by atoms with Crippen LogP contribution in [0.1, 0.15) is 32.3 Å². The van der Waals surface area contributed by atoms with Gasteiger partial charge in [0.25, 0.3) is 0 Å². The molecule has 1 heterocycles. The normalized spacial score (nSPS) is 17.2. The van der Waals surface area contributed by atoms with E-state index in [1.165, 1.54) is 5.56 Å². The molecule has 0 unspecified atom stereocenters. The molecule has 1 aromatic carbocycles. The molecule has 0 atom stereocenters. The maximum Gasteiger partial charge on any atom is 0.107 e. The van der Waals surface area contributed by atoms with Crippen LogP contribution in [0.4, 0.5) is 0 Å². The third kappa shape index (κ3) is 2.73. The molecule has 0 saturated carbocycles. The summed E-state index contributed by atoms with van der Waals surface area (Å²) in [5.41, 5.74) is 1.16. The average Bonchev–Trinajstić information content (AvgIpc) is 2.51. The van der Waals surface area contributed by atoms with Gasteiger partial charge in [0.15, 0.2) is 0 Å². The summed E-state index contributed by atoms with van der Waals surface area (Å²) in [5.74, 6) is 0.807. The van der Waals surface area contributed by atoms with E-state index in [1.54, 1.807) is 0 Å². The first-order valence-corrected chi connectivity index (χ1v) is 7.72. The highest BCUT2D eigenvalue weighted by molar-refractivity contribution is 5.90. The number of hydrogen-bond donors (Lipinski definition) is 1. The van der Waals surface area contributed by atoms with Gasteiger partial charge in [0.2, 0.25) is 0 Å². The molecule has 1 saturated heterocycles. The van der Waals surface area contributed by atoms with Crippen molar-refractivity contribution in [2.45, 2.75) is 32.1 Å². The number of nitrogens with zero attached hydrogens (tertiary/aromatic N) is 2. The monoisotopic (exact) mass is 273 g/mol. The van der Waals surface area contributed by atoms with E-state index in [-0.39, 0.29) is 5.41 Å². The van der Waals surface area contributed by atoms with Crippen molar-refractivity contribution in [1.29, 1.82) is 5.41 Å². The molecule has 1 fully saturated rings. The Hall–Kier alpha value is -1.35. The van der Waals surface area contributed by atoms with Crippen LogP contribution in [0.25, 0.3) is 0 Å². The van der Waals surface area contributed by atoms with Crippen molar-refractivity contribution in [3.63, 3.8) is 0 Å². The fraction of sp³-hybridized carbons (Fsp3) is 0.588. The summed E-state index contributed by atoms with van der Waals surface area (Å²) in [6.07, 6.45) is 1.97. The molecule has 1 aliphatic heterocycles. The van der Waals surface area contributed by atoms with Crippen LogP contribution in [0.3, 0.4) is 0 Å². The Bertz CT molecular complexity index is 429. The molecule has 3 heteroatoms. The number of likely N-dealkylation sites (N-methyl/N-ethyl adjacent to an activating group) is 1. The van der Waals surface area contributed by atoms with Gasteiger partial charge in [0.1, 0.15) is 5.84 Å². The van der Waals surface area contributed by atoms with Gasteiger partial charge < -0.3 is 9.80 Å². The van der Waals surface area contributed by atoms with Crippen LogP contribution < -0.4 is 0 Å². The van der Waals surface area contributed by atoms with E-state index in [9.17, 15) is 0 Å². The second kappa shape index (κ2) is 6.40. The first kappa shape index (κ1) is 15.0. The van der Waals surface area contributed by atoms with E-state index in [2.05, 4.69) is 61.0 Å². The summed E-state index contributed by atoms with van der Waals surface area (Å²) in [7, 11) is 2.16. The van der Waals surface area contributed by atoms with Gasteiger partial charge in [-0.25, -0.2) is 0 Å². The molecule has 0 bridgehead atoms. The molecule has 1 aromatic rings. The van der Waals surface area contributed by atoms with Crippen LogP contribution in [-0.2, 0) is 5.41 Å². The second-order valence-corrected chi connectivity index (χ2v) is 5.79. The molecule has 20 heavy (non-hydrogen) atoms. The topological polar surface area (TPSA) is 30.3 Å². The molecule has 0 aromatic heterocycles. The quantitative estimate of drug-likeness (QED) is 0.675. The zero-order valence-corrected chi connectivity index (χ0v) is 13.0. The standard InChI is InChI=1S/C17H27N3/c1-4-17(5-2,15-9-7-6-8-10-15)16(18)20-13-11-19(3)12-14-20/h6-10,18H,4-5,11-14H2,1-3H3. The minimum absolute atomic E-state index is 0.128. The number of rotatable bonds is 4. The molecular weight excluding hydrogens is 246 g/mol. The number of hydrogen-bond acceptors (Lipinski definition) is 2. The third-order valence-electron chi connectivity index (χ3n) is 4.81. The highest BCUT2D eigenvalue weighted by atomic mass is 15.3. The molecule has 0 aliphatic carbocycles. The van der Waals surface area contributed by atoms with Crippen LogP contribution in [0, 0.1) is 5.41 Å². The summed E-state index contributed by atoms with van der Waals surface area (Å²) in [6, 6.07) is 10.6. The van der Waals surface area contributed by atoms with Gasteiger partial charge in [-0.05, 0) is 25.5 Å². The first-order valence-electron chi connectivity index (χ1n) is 7.72. The second-order valence-electron chi connectivity index (χ2n) is 5.79. The van der Waals surface area contributed by atoms with Crippen molar-refractivity contribution in [3.05, 3.63) is 35.9 Å². The predicted molar refractivity (Wildman–Crippen MR) is 85.5 cm³/mol. The molecule has 1 aliphatic rings. The largest absolute Gasteiger partial charge is 0.357 e. The molecule has 0 amide bonds. The van der Waals surface area contributed by atoms with Crippen LogP contribution >= 0.6 is 0 Å². The highest BCUT2D eigenvalue weighted by Crippen LogP contribution is 2.34. The van der Waals surface area contributed by atoms with Crippen molar-refractivity contribution >= 4 is 5.84 Å². The zero-order chi connectivity index (χ0) is 14.6. The predicted octanol–water partition coefficient (Wildman–Crippen LogP) is 2.97. The highest BCUT2D eigenvalue weighted by Gasteiger charge is 2.37. The lowest BCUT2D eigenvalue weighted by atomic mass is 9.74. The smallest absolute Gasteiger partial charge is 0.107 e. The van der Waals surface area contributed by atoms with E-state index in [1.807, 2.05) is 0 Å². The van der Waals surface area contributed by atoms with Crippen molar-refractivity contribution in [1.82, 2.24) is 9.80 Å². The molecular formula is C17H27N3. The van der Waals surface area contributed by atoms with Gasteiger partial charge in [-0.2, -0.15) is 0 Å². The minimum atomic E-state index is -0.128. The van der Waals surface area contributed by atoms with E-state index in [0.717, 1.165) is 44.9 Å². The lowest BCUT2D eigenvalue weighted by Gasteiger charge is -2.42. The van der Waals surface area contributed by atoms with Crippen LogP contribution in [0.2, 0.25) is 0 Å². The molecule has 2 rings (SSSR count). The Morgan fingerprint density at radius 1 is 1.05 bits per heavy atom. The molecule has 3 nitrogen and oxygen atoms in total. The van der Waals surface area contributed by atoms with Gasteiger partial charge in [-0.3, -0.25) is 5.41 Å². The van der Waals surface area contributed by atoms with E-state index >= 15 is 0 Å². The van der Waals surface area contributed by atoms with Crippen molar-refractivity contribution in [2.24, 2.45) is 0 Å². The minimum Gasteiger partial charge on any atom is -0.357 e. The zero-order valence-electron chi connectivity index (χ0n) is 13.0. The lowest BCUT2D eigenvalue weighted by Crippen LogP contribution is -2.53. The molecule has 0 radical (unpaired) electrons. The Morgan fingerprint density at radius 3 is 2.10 bits per heavy atom. The van der Waals surface area contributed by atoms with Gasteiger partial charge in [-0.1, -0.05) is 44.2 Å². The maximum atomic E-state index is 8.80. The summed E-state index contributed by atoms with van der Waals surface area (Å²) in [5, 5.41) is 8.80. The van der Waals surface area contributed by atoms with Gasteiger partial charge >= 0.3 is 0 Å². The Labute approximate surface area is 123 Å². The maximum absolute atomic E-state index is 8.80. The number of amidine groups is 1. The molecule has 1 N–H and O–H groups in total. The Balaban J connectivity index is 2.26. The van der Waals surface area contributed by atoms with Crippen LogP contribution in [0.15, 0.2) is 30.3 Å². The SMILES string of the molecule is CCC(CC)(C(=N)N1CCN(C)CC1)c1ccccc1. The van der Waals surface area contributed by atoms with Gasteiger partial charge in [0, 0.05) is 26.2 Å². The van der Waals surface area contributed by atoms with Crippen LogP contribution in [-0.4, -0.2) is 48.9 Å². The summed E-state index contributed by atoms with van der Waals surface area (Å²) in [6.45, 7) is 8.48. The summed E-state index contributed by atoms with van der Waals surface area (Å²) >= 11 is 0. The van der Waals surface area contributed by atoms with Gasteiger partial charge in [-0.15, -0.1) is 0 Å². The average molecular weight is 273 g/mol. The Kier molecular flexibility index (Phi) is 4.81. The number of benzene rings is 1. The fourth-order valence-electron chi connectivity index (χ4n) is 3.22. The van der Waals surface area contributed by atoms with E-state index < -0.39 is 0 Å². The van der Waals surface area contributed by atoms with E-state index in [0.29, 0.717) is 0 Å². The van der Waals surface area contributed by atoms with Crippen molar-refractivity contribution in [3.8, 4) is 0 Å². The number of piperazine rings is 1. The fourth-order valence-corrected chi connectivity index (χ4v) is 3.22. The summed E-state index contributed by atoms with van der Waals surface area (Å²) in [4.78, 5) is 4.62. The third-order valence-corrected chi connectivity index (χ3v) is 4.81. The molecule has 110 valence electrons. The first-order chi connectivity index (χ1) is 9.64. The van der Waals surface area contributed by atoms with Crippen molar-refractivity contribution < 1.29 is 0 Å². The Morgan fingerprint density at radius 2 is 1.60 bits per heavy atom. The number of nitrogens with one attached hydrogen (secondary N) is 1. The van der Waals surface area contributed by atoms with Crippen molar-refractivity contribution in [2.75, 3.05) is 33.2 Å². The van der Waals surface area contributed by atoms with E-state index in [4.69, 9.17) is 5.41 Å². The lowest BCUT2D eigenvalue weighted by molar-refractivity contribution is 0.204. The van der Waals surface area contributed by atoms with Gasteiger partial charge in [0.05, 0.1) is 5.41 Å².